The van der Waals surface area contributed by atoms with Gasteiger partial charge in [-0.3, -0.25) is 14.5 Å². The molecule has 2 aliphatic rings. The number of para-hydroxylation sites is 1. The largest absolute Gasteiger partial charge is 0.383 e. The van der Waals surface area contributed by atoms with Crippen molar-refractivity contribution in [1.82, 2.24) is 10.2 Å². The Morgan fingerprint density at radius 3 is 2.33 bits per heavy atom. The Labute approximate surface area is 161 Å². The molecule has 6 heteroatoms. The lowest BCUT2D eigenvalue weighted by Gasteiger charge is -2.35. The molecule has 1 aliphatic carbocycles. The second kappa shape index (κ2) is 8.85. The average molecular weight is 373 g/mol. The zero-order valence-electron chi connectivity index (χ0n) is 16.3. The summed E-state index contributed by atoms with van der Waals surface area (Å²) in [6.07, 6.45) is 2.58. The van der Waals surface area contributed by atoms with Gasteiger partial charge in [0.05, 0.1) is 6.54 Å². The van der Waals surface area contributed by atoms with E-state index in [4.69, 9.17) is 0 Å². The summed E-state index contributed by atoms with van der Waals surface area (Å²) < 4.78 is 0. The monoisotopic (exact) mass is 373 g/mol. The van der Waals surface area contributed by atoms with Crippen molar-refractivity contribution in [3.05, 3.63) is 30.3 Å². The second-order valence-electron chi connectivity index (χ2n) is 8.03. The molecule has 1 aromatic carbocycles. The lowest BCUT2D eigenvalue weighted by Crippen LogP contribution is -2.48. The van der Waals surface area contributed by atoms with Crippen LogP contribution in [-0.2, 0) is 9.59 Å². The van der Waals surface area contributed by atoms with Crippen LogP contribution in [0.2, 0.25) is 0 Å². The molecule has 0 spiro atoms. The van der Waals surface area contributed by atoms with Gasteiger partial charge in [-0.15, -0.1) is 0 Å². The number of rotatable bonds is 7. The van der Waals surface area contributed by atoms with Gasteiger partial charge in [-0.1, -0.05) is 18.2 Å². The van der Waals surface area contributed by atoms with E-state index < -0.39 is 6.10 Å². The minimum atomic E-state index is -0.931. The van der Waals surface area contributed by atoms with Gasteiger partial charge in [0.25, 0.3) is 0 Å². The maximum Gasteiger partial charge on any atom is 0.249 e. The SMILES string of the molecule is CC(C)N(C(=O)CN1CCC([C@@H](O)C(=O)NC2CC2)CC1)c1ccccc1. The number of nitrogens with zero attached hydrogens (tertiary/aromatic N) is 2. The first kappa shape index (κ1) is 19.8. The van der Waals surface area contributed by atoms with Crippen molar-refractivity contribution >= 4 is 17.5 Å². The summed E-state index contributed by atoms with van der Waals surface area (Å²) in [4.78, 5) is 28.9. The fourth-order valence-corrected chi connectivity index (χ4v) is 3.74. The van der Waals surface area contributed by atoms with E-state index in [0.717, 1.165) is 44.5 Å². The smallest absolute Gasteiger partial charge is 0.249 e. The number of amides is 2. The van der Waals surface area contributed by atoms with Gasteiger partial charge in [-0.2, -0.15) is 0 Å². The van der Waals surface area contributed by atoms with Crippen LogP contribution >= 0.6 is 0 Å². The Morgan fingerprint density at radius 1 is 1.15 bits per heavy atom. The number of aliphatic hydroxyl groups is 1. The highest BCUT2D eigenvalue weighted by molar-refractivity contribution is 5.95. The van der Waals surface area contributed by atoms with Crippen molar-refractivity contribution in [1.29, 1.82) is 0 Å². The average Bonchev–Trinajstić information content (AvgIpc) is 3.46. The molecule has 148 valence electrons. The third kappa shape index (κ3) is 5.30. The molecule has 3 rings (SSSR count). The highest BCUT2D eigenvalue weighted by Gasteiger charge is 2.33. The zero-order valence-corrected chi connectivity index (χ0v) is 16.3. The van der Waals surface area contributed by atoms with Crippen LogP contribution in [0.1, 0.15) is 39.5 Å². The molecule has 2 amide bonds. The van der Waals surface area contributed by atoms with Gasteiger partial charge in [0.1, 0.15) is 6.10 Å². The molecule has 1 saturated heterocycles. The number of nitrogens with one attached hydrogen (secondary N) is 1. The van der Waals surface area contributed by atoms with Crippen molar-refractivity contribution in [3.8, 4) is 0 Å². The molecule has 0 aromatic heterocycles. The summed E-state index contributed by atoms with van der Waals surface area (Å²) >= 11 is 0. The number of piperidine rings is 1. The van der Waals surface area contributed by atoms with Crippen LogP contribution in [0.4, 0.5) is 5.69 Å². The van der Waals surface area contributed by atoms with E-state index in [1.807, 2.05) is 49.1 Å². The highest BCUT2D eigenvalue weighted by atomic mass is 16.3. The van der Waals surface area contributed by atoms with E-state index in [9.17, 15) is 14.7 Å². The van der Waals surface area contributed by atoms with Gasteiger partial charge in [0, 0.05) is 17.8 Å². The minimum absolute atomic E-state index is 0.0228. The fraction of sp³-hybridized carbons (Fsp3) is 0.619. The molecule has 2 fully saturated rings. The maximum absolute atomic E-state index is 12.9. The number of benzene rings is 1. The van der Waals surface area contributed by atoms with E-state index in [2.05, 4.69) is 10.2 Å². The first-order valence-corrected chi connectivity index (χ1v) is 10.0. The van der Waals surface area contributed by atoms with E-state index in [1.54, 1.807) is 0 Å². The molecule has 1 saturated carbocycles. The van der Waals surface area contributed by atoms with Crippen LogP contribution in [0.15, 0.2) is 30.3 Å². The van der Waals surface area contributed by atoms with Crippen molar-refractivity contribution in [2.75, 3.05) is 24.5 Å². The Hall–Kier alpha value is -1.92. The van der Waals surface area contributed by atoms with E-state index in [0.29, 0.717) is 6.54 Å². The number of carbonyl (C=O) groups is 2. The summed E-state index contributed by atoms with van der Waals surface area (Å²) in [6.45, 7) is 5.86. The van der Waals surface area contributed by atoms with Gasteiger partial charge in [0.2, 0.25) is 11.8 Å². The van der Waals surface area contributed by atoms with Gasteiger partial charge in [0.15, 0.2) is 0 Å². The van der Waals surface area contributed by atoms with Crippen molar-refractivity contribution < 1.29 is 14.7 Å². The molecule has 6 nitrogen and oxygen atoms in total. The van der Waals surface area contributed by atoms with E-state index >= 15 is 0 Å². The zero-order chi connectivity index (χ0) is 19.4. The van der Waals surface area contributed by atoms with Crippen LogP contribution in [0.3, 0.4) is 0 Å². The summed E-state index contributed by atoms with van der Waals surface area (Å²) in [5.74, 6) is -0.172. The van der Waals surface area contributed by atoms with E-state index in [1.165, 1.54) is 0 Å². The van der Waals surface area contributed by atoms with Crippen molar-refractivity contribution in [3.63, 3.8) is 0 Å². The topological polar surface area (TPSA) is 72.9 Å². The summed E-state index contributed by atoms with van der Waals surface area (Å²) in [5, 5.41) is 13.2. The van der Waals surface area contributed by atoms with Crippen molar-refractivity contribution in [2.45, 2.75) is 57.7 Å². The van der Waals surface area contributed by atoms with Crippen molar-refractivity contribution in [2.24, 2.45) is 5.92 Å². The maximum atomic E-state index is 12.9. The number of likely N-dealkylation sites (tertiary alicyclic amines) is 1. The molecule has 0 bridgehead atoms. The Bertz CT molecular complexity index is 637. The fourth-order valence-electron chi connectivity index (χ4n) is 3.74. The Balaban J connectivity index is 1.50. The first-order chi connectivity index (χ1) is 13.0. The lowest BCUT2D eigenvalue weighted by molar-refractivity contribution is -0.133. The second-order valence-corrected chi connectivity index (χ2v) is 8.03. The van der Waals surface area contributed by atoms with Crippen LogP contribution in [0.25, 0.3) is 0 Å². The van der Waals surface area contributed by atoms with Crippen LogP contribution in [0.5, 0.6) is 0 Å². The predicted molar refractivity (Wildman–Crippen MR) is 105 cm³/mol. The Morgan fingerprint density at radius 2 is 1.78 bits per heavy atom. The minimum Gasteiger partial charge on any atom is -0.383 e. The van der Waals surface area contributed by atoms with Gasteiger partial charge < -0.3 is 15.3 Å². The first-order valence-electron chi connectivity index (χ1n) is 10.0. The molecule has 1 heterocycles. The lowest BCUT2D eigenvalue weighted by atomic mass is 9.90. The van der Waals surface area contributed by atoms with Crippen LogP contribution in [-0.4, -0.2) is 59.6 Å². The molecule has 0 radical (unpaired) electrons. The highest BCUT2D eigenvalue weighted by Crippen LogP contribution is 2.24. The standard InChI is InChI=1S/C21H31N3O3/c1-15(2)24(18-6-4-3-5-7-18)19(25)14-23-12-10-16(11-13-23)20(26)21(27)22-17-8-9-17/h3-7,15-17,20,26H,8-14H2,1-2H3,(H,22,27)/t20-/m1/s1. The van der Waals surface area contributed by atoms with Crippen LogP contribution < -0.4 is 10.2 Å². The third-order valence-corrected chi connectivity index (χ3v) is 5.45. The van der Waals surface area contributed by atoms with E-state index in [-0.39, 0.29) is 29.8 Å². The van der Waals surface area contributed by atoms with Crippen LogP contribution in [0, 0.1) is 5.92 Å². The summed E-state index contributed by atoms with van der Waals surface area (Å²) in [5.41, 5.74) is 0.916. The number of aliphatic hydroxyl groups excluding tert-OH is 1. The quantitative estimate of drug-likeness (QED) is 0.764. The van der Waals surface area contributed by atoms with Gasteiger partial charge in [-0.05, 0) is 70.7 Å². The number of carbonyl (C=O) groups excluding carboxylic acids is 2. The molecule has 0 unspecified atom stereocenters. The van der Waals surface area contributed by atoms with Gasteiger partial charge in [-0.25, -0.2) is 0 Å². The van der Waals surface area contributed by atoms with Gasteiger partial charge >= 0.3 is 0 Å². The summed E-state index contributed by atoms with van der Waals surface area (Å²) in [6, 6.07) is 10.1. The number of hydrogen-bond acceptors (Lipinski definition) is 4. The molecule has 1 atom stereocenters. The number of anilines is 1. The molecular formula is C21H31N3O3. The molecule has 1 aliphatic heterocycles. The molecule has 27 heavy (non-hydrogen) atoms. The third-order valence-electron chi connectivity index (χ3n) is 5.45. The summed E-state index contributed by atoms with van der Waals surface area (Å²) in [7, 11) is 0. The normalized spacial score (nSPS) is 19.7. The molecule has 2 N–H and O–H groups in total. The predicted octanol–water partition coefficient (Wildman–Crippen LogP) is 1.78. The molecular weight excluding hydrogens is 342 g/mol. The molecule has 1 aromatic rings. The number of hydrogen-bond donors (Lipinski definition) is 2. The Kier molecular flexibility index (Phi) is 6.50.